The van der Waals surface area contributed by atoms with Gasteiger partial charge in [-0.3, -0.25) is 0 Å². The van der Waals surface area contributed by atoms with Crippen molar-refractivity contribution in [3.63, 3.8) is 0 Å². The van der Waals surface area contributed by atoms with Crippen LogP contribution in [0.15, 0.2) is 0 Å². The first-order valence-electron chi connectivity index (χ1n) is 6.11. The summed E-state index contributed by atoms with van der Waals surface area (Å²) >= 11 is 0. The van der Waals surface area contributed by atoms with Crippen LogP contribution in [0.3, 0.4) is 0 Å². The Morgan fingerprint density at radius 3 is 2.47 bits per heavy atom. The molecule has 0 atom stereocenters. The Balaban J connectivity index is 3.52. The molecule has 0 fully saturated rings. The van der Waals surface area contributed by atoms with Crippen molar-refractivity contribution in [2.75, 3.05) is 33.3 Å². The van der Waals surface area contributed by atoms with Gasteiger partial charge in [-0.1, -0.05) is 0 Å². The van der Waals surface area contributed by atoms with E-state index in [1.54, 1.807) is 0 Å². The van der Waals surface area contributed by atoms with Crippen molar-refractivity contribution in [3.05, 3.63) is 0 Å². The van der Waals surface area contributed by atoms with Crippen LogP contribution in [0.25, 0.3) is 0 Å². The van der Waals surface area contributed by atoms with Gasteiger partial charge in [0.25, 0.3) is 0 Å². The molecule has 0 bridgehead atoms. The molecule has 0 aliphatic rings. The first-order chi connectivity index (χ1) is 7.85. The maximum absolute atomic E-state index is 11.3. The number of carbonyl (C=O) groups excluding carboxylic acids is 1. The molecule has 0 rings (SSSR count). The van der Waals surface area contributed by atoms with Gasteiger partial charge in [0.2, 0.25) is 0 Å². The summed E-state index contributed by atoms with van der Waals surface area (Å²) in [5.41, 5.74) is -0.447. The van der Waals surface area contributed by atoms with Gasteiger partial charge in [-0.05, 0) is 47.2 Å². The number of alkyl carbamates (subject to hydrolysis) is 1. The van der Waals surface area contributed by atoms with Gasteiger partial charge < -0.3 is 20.1 Å². The fraction of sp³-hybridized carbons (Fsp3) is 0.917. The van der Waals surface area contributed by atoms with Crippen molar-refractivity contribution in [1.82, 2.24) is 10.2 Å². The van der Waals surface area contributed by atoms with Crippen LogP contribution in [0, 0.1) is 0 Å². The van der Waals surface area contributed by atoms with Gasteiger partial charge >= 0.3 is 6.09 Å². The molecule has 17 heavy (non-hydrogen) atoms. The highest BCUT2D eigenvalue weighted by molar-refractivity contribution is 5.67. The van der Waals surface area contributed by atoms with E-state index in [2.05, 4.69) is 10.2 Å². The Labute approximate surface area is 104 Å². The minimum absolute atomic E-state index is 0.240. The molecule has 102 valence electrons. The fourth-order valence-corrected chi connectivity index (χ4v) is 1.27. The van der Waals surface area contributed by atoms with Crippen LogP contribution < -0.4 is 5.32 Å². The largest absolute Gasteiger partial charge is 0.444 e. The van der Waals surface area contributed by atoms with E-state index < -0.39 is 5.60 Å². The van der Waals surface area contributed by atoms with Crippen LogP contribution >= 0.6 is 0 Å². The standard InChI is InChI=1S/C12H26N2O3/c1-12(2,3)17-11(16)13-7-9-14(4)8-5-6-10-15/h15H,5-10H2,1-4H3,(H,13,16). The molecule has 0 unspecified atom stereocenters. The summed E-state index contributed by atoms with van der Waals surface area (Å²) in [6, 6.07) is 0. The van der Waals surface area contributed by atoms with Gasteiger partial charge in [0.05, 0.1) is 0 Å². The third-order valence-corrected chi connectivity index (χ3v) is 2.11. The van der Waals surface area contributed by atoms with Crippen molar-refractivity contribution in [2.24, 2.45) is 0 Å². The van der Waals surface area contributed by atoms with Crippen molar-refractivity contribution in [1.29, 1.82) is 0 Å². The molecule has 0 aromatic heterocycles. The van der Waals surface area contributed by atoms with Gasteiger partial charge in [0.15, 0.2) is 0 Å². The minimum atomic E-state index is -0.447. The van der Waals surface area contributed by atoms with Crippen LogP contribution in [0.4, 0.5) is 4.79 Å². The highest BCUT2D eigenvalue weighted by atomic mass is 16.6. The van der Waals surface area contributed by atoms with Crippen LogP contribution in [-0.4, -0.2) is 55.0 Å². The van der Waals surface area contributed by atoms with Gasteiger partial charge in [0.1, 0.15) is 5.60 Å². The number of ether oxygens (including phenoxy) is 1. The number of hydrogen-bond donors (Lipinski definition) is 2. The molecule has 2 N–H and O–H groups in total. The summed E-state index contributed by atoms with van der Waals surface area (Å²) in [6.07, 6.45) is 1.42. The third-order valence-electron chi connectivity index (χ3n) is 2.11. The van der Waals surface area contributed by atoms with Gasteiger partial charge in [-0.2, -0.15) is 0 Å². The maximum atomic E-state index is 11.3. The highest BCUT2D eigenvalue weighted by Crippen LogP contribution is 2.06. The van der Waals surface area contributed by atoms with E-state index >= 15 is 0 Å². The predicted molar refractivity (Wildman–Crippen MR) is 68.1 cm³/mol. The van der Waals surface area contributed by atoms with E-state index in [9.17, 15) is 4.79 Å². The molecule has 0 aromatic rings. The number of nitrogens with one attached hydrogen (secondary N) is 1. The topological polar surface area (TPSA) is 61.8 Å². The summed E-state index contributed by atoms with van der Waals surface area (Å²) in [7, 11) is 1.99. The number of carbonyl (C=O) groups is 1. The number of amides is 1. The number of likely N-dealkylation sites (N-methyl/N-ethyl adjacent to an activating group) is 1. The highest BCUT2D eigenvalue weighted by Gasteiger charge is 2.15. The molecule has 0 saturated carbocycles. The molecule has 0 spiro atoms. The normalized spacial score (nSPS) is 11.6. The van der Waals surface area contributed by atoms with E-state index in [-0.39, 0.29) is 12.7 Å². The Hall–Kier alpha value is -0.810. The maximum Gasteiger partial charge on any atom is 0.407 e. The Bertz CT molecular complexity index is 214. The first-order valence-corrected chi connectivity index (χ1v) is 6.11. The lowest BCUT2D eigenvalue weighted by Gasteiger charge is -2.21. The summed E-state index contributed by atoms with van der Waals surface area (Å²) in [4.78, 5) is 13.4. The second-order valence-corrected chi connectivity index (χ2v) is 5.16. The molecule has 0 aliphatic heterocycles. The SMILES string of the molecule is CN(CCCCO)CCNC(=O)OC(C)(C)C. The molecule has 5 heteroatoms. The van der Waals surface area contributed by atoms with Crippen molar-refractivity contribution < 1.29 is 14.6 Å². The van der Waals surface area contributed by atoms with Gasteiger partial charge in [0, 0.05) is 19.7 Å². The van der Waals surface area contributed by atoms with Crippen molar-refractivity contribution in [3.8, 4) is 0 Å². The number of hydrogen-bond acceptors (Lipinski definition) is 4. The zero-order valence-electron chi connectivity index (χ0n) is 11.5. The molecule has 0 saturated heterocycles. The molecule has 0 heterocycles. The lowest BCUT2D eigenvalue weighted by Crippen LogP contribution is -2.37. The lowest BCUT2D eigenvalue weighted by atomic mass is 10.2. The first kappa shape index (κ1) is 16.2. The Morgan fingerprint density at radius 1 is 1.29 bits per heavy atom. The van der Waals surface area contributed by atoms with Crippen LogP contribution in [-0.2, 0) is 4.74 Å². The lowest BCUT2D eigenvalue weighted by molar-refractivity contribution is 0.0523. The molecular weight excluding hydrogens is 220 g/mol. The molecule has 5 nitrogen and oxygen atoms in total. The fourth-order valence-electron chi connectivity index (χ4n) is 1.27. The number of unbranched alkanes of at least 4 members (excludes halogenated alkanes) is 1. The number of aliphatic hydroxyl groups is 1. The molecule has 0 aromatic carbocycles. The number of aliphatic hydroxyl groups excluding tert-OH is 1. The molecule has 0 radical (unpaired) electrons. The number of nitrogens with zero attached hydrogens (tertiary/aromatic N) is 1. The Morgan fingerprint density at radius 2 is 1.94 bits per heavy atom. The van der Waals surface area contributed by atoms with Gasteiger partial charge in [-0.15, -0.1) is 0 Å². The smallest absolute Gasteiger partial charge is 0.407 e. The molecule has 0 aliphatic carbocycles. The predicted octanol–water partition coefficient (Wildman–Crippen LogP) is 1.22. The second kappa shape index (κ2) is 8.31. The van der Waals surface area contributed by atoms with E-state index in [4.69, 9.17) is 9.84 Å². The minimum Gasteiger partial charge on any atom is -0.444 e. The monoisotopic (exact) mass is 246 g/mol. The Kier molecular flexibility index (Phi) is 7.91. The van der Waals surface area contributed by atoms with Crippen LogP contribution in [0.5, 0.6) is 0 Å². The summed E-state index contributed by atoms with van der Waals surface area (Å²) < 4.78 is 5.12. The van der Waals surface area contributed by atoms with Crippen LogP contribution in [0.2, 0.25) is 0 Å². The quantitative estimate of drug-likeness (QED) is 0.663. The van der Waals surface area contributed by atoms with Gasteiger partial charge in [-0.25, -0.2) is 4.79 Å². The zero-order chi connectivity index (χ0) is 13.3. The zero-order valence-corrected chi connectivity index (χ0v) is 11.5. The van der Waals surface area contributed by atoms with Crippen molar-refractivity contribution in [2.45, 2.75) is 39.2 Å². The average molecular weight is 246 g/mol. The second-order valence-electron chi connectivity index (χ2n) is 5.16. The van der Waals surface area contributed by atoms with Crippen molar-refractivity contribution >= 4 is 6.09 Å². The molecular formula is C12H26N2O3. The van der Waals surface area contributed by atoms with E-state index in [0.717, 1.165) is 25.9 Å². The van der Waals surface area contributed by atoms with E-state index in [0.29, 0.717) is 6.54 Å². The van der Waals surface area contributed by atoms with E-state index in [1.807, 2.05) is 27.8 Å². The number of rotatable bonds is 7. The average Bonchev–Trinajstić information content (AvgIpc) is 2.15. The summed E-state index contributed by atoms with van der Waals surface area (Å²) in [6.45, 7) is 8.05. The summed E-state index contributed by atoms with van der Waals surface area (Å²) in [5, 5.41) is 11.4. The summed E-state index contributed by atoms with van der Waals surface area (Å²) in [5.74, 6) is 0. The van der Waals surface area contributed by atoms with E-state index in [1.165, 1.54) is 0 Å². The molecule has 1 amide bonds. The van der Waals surface area contributed by atoms with Crippen LogP contribution in [0.1, 0.15) is 33.6 Å². The third kappa shape index (κ3) is 11.5.